The lowest BCUT2D eigenvalue weighted by Gasteiger charge is -2.14. The van der Waals surface area contributed by atoms with E-state index >= 15 is 0 Å². The maximum Gasteiger partial charge on any atom is 0.257 e. The average Bonchev–Trinajstić information content (AvgIpc) is 2.88. The van der Waals surface area contributed by atoms with E-state index in [2.05, 4.69) is 10.2 Å². The molecule has 1 aromatic rings. The lowest BCUT2D eigenvalue weighted by atomic mass is 10.1. The summed E-state index contributed by atoms with van der Waals surface area (Å²) in [6.45, 7) is 1.55. The highest BCUT2D eigenvalue weighted by Crippen LogP contribution is 2.17. The summed E-state index contributed by atoms with van der Waals surface area (Å²) in [6.07, 6.45) is 4.00. The molecule has 0 aromatic carbocycles. The molecule has 1 saturated heterocycles. The van der Waals surface area contributed by atoms with Gasteiger partial charge in [0, 0.05) is 31.8 Å². The van der Waals surface area contributed by atoms with E-state index in [-0.39, 0.29) is 18.4 Å². The van der Waals surface area contributed by atoms with Crippen LogP contribution in [0.5, 0.6) is 0 Å². The molecule has 0 aliphatic carbocycles. The van der Waals surface area contributed by atoms with Crippen LogP contribution in [-0.2, 0) is 0 Å². The third-order valence-electron chi connectivity index (χ3n) is 2.58. The second kappa shape index (κ2) is 3.79. The smallest absolute Gasteiger partial charge is 0.257 e. The van der Waals surface area contributed by atoms with Gasteiger partial charge in [0.15, 0.2) is 0 Å². The molecule has 1 fully saturated rings. The third-order valence-corrected chi connectivity index (χ3v) is 2.58. The fourth-order valence-electron chi connectivity index (χ4n) is 1.72. The summed E-state index contributed by atoms with van der Waals surface area (Å²) in [5.41, 5.74) is 0.587. The number of likely N-dealkylation sites (tertiary alicyclic amines) is 1. The molecule has 1 atom stereocenters. The van der Waals surface area contributed by atoms with Gasteiger partial charge in [-0.15, -0.1) is 0 Å². The van der Waals surface area contributed by atoms with Gasteiger partial charge in [-0.1, -0.05) is 0 Å². The number of rotatable bonds is 2. The standard InChI is InChI=1S/C9H13N3O2/c13-6-7-1-2-12(5-7)9(14)8-3-10-11-4-8/h3-4,7,13H,1-2,5-6H2,(H,10,11)/t7-/m1/s1. The van der Waals surface area contributed by atoms with Crippen molar-refractivity contribution in [1.82, 2.24) is 15.1 Å². The van der Waals surface area contributed by atoms with E-state index < -0.39 is 0 Å². The Kier molecular flexibility index (Phi) is 2.49. The SMILES string of the molecule is O=C(c1cn[nH]c1)N1CC[C@@H](CO)C1. The van der Waals surface area contributed by atoms with Gasteiger partial charge in [0.25, 0.3) is 5.91 Å². The summed E-state index contributed by atoms with van der Waals surface area (Å²) >= 11 is 0. The van der Waals surface area contributed by atoms with E-state index in [1.807, 2.05) is 0 Å². The predicted octanol–water partition coefficient (Wildman–Crippen LogP) is -0.136. The van der Waals surface area contributed by atoms with E-state index in [9.17, 15) is 4.79 Å². The third kappa shape index (κ3) is 1.63. The first-order valence-corrected chi connectivity index (χ1v) is 4.70. The van der Waals surface area contributed by atoms with Crippen LogP contribution in [0.2, 0.25) is 0 Å². The number of amides is 1. The highest BCUT2D eigenvalue weighted by molar-refractivity contribution is 5.93. The van der Waals surface area contributed by atoms with Crippen LogP contribution in [0.4, 0.5) is 0 Å². The molecule has 0 unspecified atom stereocenters. The van der Waals surface area contributed by atoms with Crippen molar-refractivity contribution in [3.63, 3.8) is 0 Å². The van der Waals surface area contributed by atoms with Gasteiger partial charge in [-0.05, 0) is 6.42 Å². The van der Waals surface area contributed by atoms with Crippen LogP contribution in [0.1, 0.15) is 16.8 Å². The number of aromatic amines is 1. The van der Waals surface area contributed by atoms with Crippen molar-refractivity contribution < 1.29 is 9.90 Å². The van der Waals surface area contributed by atoms with Gasteiger partial charge >= 0.3 is 0 Å². The van der Waals surface area contributed by atoms with Crippen LogP contribution in [0.25, 0.3) is 0 Å². The quantitative estimate of drug-likeness (QED) is 0.690. The molecule has 1 aliphatic heterocycles. The van der Waals surface area contributed by atoms with Gasteiger partial charge in [-0.3, -0.25) is 9.89 Å². The highest BCUT2D eigenvalue weighted by atomic mass is 16.3. The molecule has 0 spiro atoms. The van der Waals surface area contributed by atoms with E-state index in [4.69, 9.17) is 5.11 Å². The largest absolute Gasteiger partial charge is 0.396 e. The Morgan fingerprint density at radius 2 is 2.64 bits per heavy atom. The van der Waals surface area contributed by atoms with Crippen molar-refractivity contribution in [2.75, 3.05) is 19.7 Å². The Labute approximate surface area is 81.7 Å². The van der Waals surface area contributed by atoms with Gasteiger partial charge in [0.05, 0.1) is 11.8 Å². The van der Waals surface area contributed by atoms with Gasteiger partial charge in [0.2, 0.25) is 0 Å². The zero-order chi connectivity index (χ0) is 9.97. The minimum atomic E-state index is -0.00491. The first kappa shape index (κ1) is 9.21. The Hall–Kier alpha value is -1.36. The zero-order valence-corrected chi connectivity index (χ0v) is 7.81. The van der Waals surface area contributed by atoms with Crippen LogP contribution in [0.3, 0.4) is 0 Å². The second-order valence-corrected chi connectivity index (χ2v) is 3.58. The van der Waals surface area contributed by atoms with Crippen molar-refractivity contribution in [3.05, 3.63) is 18.0 Å². The Balaban J connectivity index is 2.00. The van der Waals surface area contributed by atoms with E-state index in [0.717, 1.165) is 13.0 Å². The summed E-state index contributed by atoms with van der Waals surface area (Å²) in [4.78, 5) is 13.5. The molecule has 1 amide bonds. The molecule has 0 bridgehead atoms. The number of hydrogen-bond donors (Lipinski definition) is 2. The predicted molar refractivity (Wildman–Crippen MR) is 49.7 cm³/mol. The summed E-state index contributed by atoms with van der Waals surface area (Å²) in [7, 11) is 0. The fraction of sp³-hybridized carbons (Fsp3) is 0.556. The van der Waals surface area contributed by atoms with Crippen molar-refractivity contribution in [1.29, 1.82) is 0 Å². The van der Waals surface area contributed by atoms with Crippen LogP contribution in [0, 0.1) is 5.92 Å². The number of hydrogen-bond acceptors (Lipinski definition) is 3. The van der Waals surface area contributed by atoms with Crippen LogP contribution >= 0.6 is 0 Å². The molecule has 2 rings (SSSR count). The maximum absolute atomic E-state index is 11.8. The number of H-pyrrole nitrogens is 1. The van der Waals surface area contributed by atoms with Crippen LogP contribution in [0.15, 0.2) is 12.4 Å². The highest BCUT2D eigenvalue weighted by Gasteiger charge is 2.26. The number of carbonyl (C=O) groups is 1. The summed E-state index contributed by atoms with van der Waals surface area (Å²) in [5, 5.41) is 15.3. The van der Waals surface area contributed by atoms with E-state index in [1.165, 1.54) is 6.20 Å². The molecule has 5 heteroatoms. The normalized spacial score (nSPS) is 21.5. The van der Waals surface area contributed by atoms with E-state index in [0.29, 0.717) is 12.1 Å². The van der Waals surface area contributed by atoms with E-state index in [1.54, 1.807) is 11.1 Å². The molecule has 1 aromatic heterocycles. The lowest BCUT2D eigenvalue weighted by Crippen LogP contribution is -2.28. The monoisotopic (exact) mass is 195 g/mol. The molecule has 76 valence electrons. The summed E-state index contributed by atoms with van der Waals surface area (Å²) < 4.78 is 0. The number of nitrogens with one attached hydrogen (secondary N) is 1. The molecule has 0 radical (unpaired) electrons. The van der Waals surface area contributed by atoms with Crippen LogP contribution < -0.4 is 0 Å². The molecule has 14 heavy (non-hydrogen) atoms. The Bertz CT molecular complexity index is 310. The van der Waals surface area contributed by atoms with Gasteiger partial charge in [-0.25, -0.2) is 0 Å². The van der Waals surface area contributed by atoms with Gasteiger partial charge < -0.3 is 10.0 Å². The van der Waals surface area contributed by atoms with Crippen molar-refractivity contribution in [2.45, 2.75) is 6.42 Å². The van der Waals surface area contributed by atoms with Gasteiger partial charge in [-0.2, -0.15) is 5.10 Å². The molecule has 1 aliphatic rings. The second-order valence-electron chi connectivity index (χ2n) is 3.58. The first-order valence-electron chi connectivity index (χ1n) is 4.70. The number of carbonyl (C=O) groups excluding carboxylic acids is 1. The zero-order valence-electron chi connectivity index (χ0n) is 7.81. The molecular formula is C9H13N3O2. The average molecular weight is 195 g/mol. The minimum Gasteiger partial charge on any atom is -0.396 e. The fourth-order valence-corrected chi connectivity index (χ4v) is 1.72. The molecule has 2 N–H and O–H groups in total. The van der Waals surface area contributed by atoms with Crippen molar-refractivity contribution >= 4 is 5.91 Å². The van der Waals surface area contributed by atoms with Crippen LogP contribution in [-0.4, -0.2) is 45.8 Å². The Morgan fingerprint density at radius 3 is 3.21 bits per heavy atom. The first-order chi connectivity index (χ1) is 6.81. The van der Waals surface area contributed by atoms with Crippen molar-refractivity contribution in [3.8, 4) is 0 Å². The number of aromatic nitrogens is 2. The maximum atomic E-state index is 11.8. The summed E-state index contributed by atoms with van der Waals surface area (Å²) in [6, 6.07) is 0. The number of aliphatic hydroxyl groups excluding tert-OH is 1. The van der Waals surface area contributed by atoms with Gasteiger partial charge in [0.1, 0.15) is 0 Å². The number of nitrogens with zero attached hydrogens (tertiary/aromatic N) is 2. The molecule has 0 saturated carbocycles. The lowest BCUT2D eigenvalue weighted by molar-refractivity contribution is 0.0782. The topological polar surface area (TPSA) is 69.2 Å². The molecule has 5 nitrogen and oxygen atoms in total. The molecular weight excluding hydrogens is 182 g/mol. The van der Waals surface area contributed by atoms with Crippen molar-refractivity contribution in [2.24, 2.45) is 5.92 Å². The minimum absolute atomic E-state index is 0.00491. The number of aliphatic hydroxyl groups is 1. The Morgan fingerprint density at radius 1 is 1.79 bits per heavy atom. The molecule has 2 heterocycles. The summed E-state index contributed by atoms with van der Waals surface area (Å²) in [5.74, 6) is 0.237.